The van der Waals surface area contributed by atoms with E-state index in [1.165, 1.54) is 0 Å². The molecule has 1 heterocycles. The molecular formula is C15H16N2O3. The lowest BCUT2D eigenvalue weighted by Crippen LogP contribution is -2.15. The fourth-order valence-corrected chi connectivity index (χ4v) is 2.13. The lowest BCUT2D eigenvalue weighted by atomic mass is 10.1. The molecule has 3 N–H and O–H groups in total. The lowest BCUT2D eigenvalue weighted by Gasteiger charge is -2.10. The molecule has 0 unspecified atom stereocenters. The van der Waals surface area contributed by atoms with Gasteiger partial charge in [0.25, 0.3) is 0 Å². The number of rotatable bonds is 6. The summed E-state index contributed by atoms with van der Waals surface area (Å²) in [6, 6.07) is 11.2. The number of aryl methyl sites for hydroxylation is 1. The van der Waals surface area contributed by atoms with Gasteiger partial charge in [0.1, 0.15) is 0 Å². The minimum absolute atomic E-state index is 0.190. The zero-order valence-corrected chi connectivity index (χ0v) is 11.0. The highest BCUT2D eigenvalue weighted by Crippen LogP contribution is 2.17. The van der Waals surface area contributed by atoms with Crippen LogP contribution in [0.2, 0.25) is 0 Å². The number of nitrogens with two attached hydrogens (primary N) is 1. The number of carboxylic acid groups (broad SMARTS) is 1. The predicted octanol–water partition coefficient (Wildman–Crippen LogP) is 1.65. The average molecular weight is 272 g/mol. The SMILES string of the molecule is NC(=O)CCn1ccc(C(=O)O)c1Cc1ccccc1. The smallest absolute Gasteiger partial charge is 0.337 e. The fraction of sp³-hybridized carbons (Fsp3) is 0.200. The van der Waals surface area contributed by atoms with Crippen molar-refractivity contribution >= 4 is 11.9 Å². The van der Waals surface area contributed by atoms with E-state index in [2.05, 4.69) is 0 Å². The maximum Gasteiger partial charge on any atom is 0.337 e. The van der Waals surface area contributed by atoms with E-state index in [-0.39, 0.29) is 12.0 Å². The molecule has 0 aliphatic rings. The van der Waals surface area contributed by atoms with Crippen molar-refractivity contribution in [2.24, 2.45) is 5.73 Å². The minimum atomic E-state index is -0.964. The van der Waals surface area contributed by atoms with Crippen LogP contribution in [0.25, 0.3) is 0 Å². The highest BCUT2D eigenvalue weighted by atomic mass is 16.4. The number of hydrogen-bond donors (Lipinski definition) is 2. The molecule has 0 spiro atoms. The summed E-state index contributed by atoms with van der Waals surface area (Å²) in [7, 11) is 0. The molecule has 0 saturated carbocycles. The summed E-state index contributed by atoms with van der Waals surface area (Å²) in [5.74, 6) is -1.37. The summed E-state index contributed by atoms with van der Waals surface area (Å²) in [6.45, 7) is 0.394. The number of aromatic carboxylic acids is 1. The van der Waals surface area contributed by atoms with Crippen molar-refractivity contribution in [2.75, 3.05) is 0 Å². The second kappa shape index (κ2) is 6.06. The van der Waals surface area contributed by atoms with E-state index >= 15 is 0 Å². The molecule has 0 radical (unpaired) electrons. The summed E-state index contributed by atoms with van der Waals surface area (Å²) in [5.41, 5.74) is 7.11. The van der Waals surface area contributed by atoms with Crippen molar-refractivity contribution in [3.63, 3.8) is 0 Å². The Labute approximate surface area is 116 Å². The molecule has 104 valence electrons. The number of carbonyl (C=O) groups excluding carboxylic acids is 1. The molecule has 1 amide bonds. The molecule has 20 heavy (non-hydrogen) atoms. The molecule has 0 fully saturated rings. The molecule has 2 aromatic rings. The molecule has 0 saturated heterocycles. The van der Waals surface area contributed by atoms with Gasteiger partial charge in [-0.25, -0.2) is 4.79 Å². The van der Waals surface area contributed by atoms with Crippen LogP contribution >= 0.6 is 0 Å². The van der Waals surface area contributed by atoms with Gasteiger partial charge in [-0.3, -0.25) is 4.79 Å². The topological polar surface area (TPSA) is 85.3 Å². The maximum atomic E-state index is 11.3. The molecule has 0 bridgehead atoms. The zero-order chi connectivity index (χ0) is 14.5. The van der Waals surface area contributed by atoms with Crippen LogP contribution in [0.4, 0.5) is 0 Å². The monoisotopic (exact) mass is 272 g/mol. The Morgan fingerprint density at radius 1 is 1.15 bits per heavy atom. The summed E-state index contributed by atoms with van der Waals surface area (Å²) in [5, 5.41) is 9.23. The van der Waals surface area contributed by atoms with E-state index in [0.29, 0.717) is 18.7 Å². The summed E-state index contributed by atoms with van der Waals surface area (Å²) in [4.78, 5) is 22.1. The van der Waals surface area contributed by atoms with Crippen LogP contribution < -0.4 is 5.73 Å². The first-order valence-electron chi connectivity index (χ1n) is 6.31. The second-order valence-electron chi connectivity index (χ2n) is 4.55. The molecule has 1 aromatic carbocycles. The van der Waals surface area contributed by atoms with Crippen molar-refractivity contribution < 1.29 is 14.7 Å². The molecular weight excluding hydrogens is 256 g/mol. The molecule has 2 rings (SSSR count). The first kappa shape index (κ1) is 13.9. The standard InChI is InChI=1S/C15H16N2O3/c16-14(18)7-9-17-8-6-12(15(19)20)13(17)10-11-4-2-1-3-5-11/h1-6,8H,7,9-10H2,(H2,16,18)(H,19,20). The normalized spacial score (nSPS) is 10.4. The summed E-state index contributed by atoms with van der Waals surface area (Å²) in [6.07, 6.45) is 2.38. The molecule has 0 aliphatic carbocycles. The van der Waals surface area contributed by atoms with Gasteiger partial charge in [0.05, 0.1) is 5.56 Å². The Morgan fingerprint density at radius 3 is 2.45 bits per heavy atom. The number of hydrogen-bond acceptors (Lipinski definition) is 2. The molecule has 5 heteroatoms. The van der Waals surface area contributed by atoms with Crippen LogP contribution in [0.5, 0.6) is 0 Å². The van der Waals surface area contributed by atoms with Crippen molar-refractivity contribution in [3.05, 3.63) is 59.4 Å². The van der Waals surface area contributed by atoms with Crippen LogP contribution in [0.1, 0.15) is 28.0 Å². The lowest BCUT2D eigenvalue weighted by molar-refractivity contribution is -0.118. The van der Waals surface area contributed by atoms with Crippen LogP contribution in [0.15, 0.2) is 42.6 Å². The zero-order valence-electron chi connectivity index (χ0n) is 11.0. The number of nitrogens with zero attached hydrogens (tertiary/aromatic N) is 1. The summed E-state index contributed by atoms with van der Waals surface area (Å²) < 4.78 is 1.78. The van der Waals surface area contributed by atoms with Gasteiger partial charge in [0, 0.05) is 31.3 Å². The van der Waals surface area contributed by atoms with E-state index in [1.54, 1.807) is 16.8 Å². The van der Waals surface area contributed by atoms with Crippen LogP contribution in [-0.4, -0.2) is 21.6 Å². The van der Waals surface area contributed by atoms with E-state index in [4.69, 9.17) is 5.73 Å². The number of aromatic nitrogens is 1. The van der Waals surface area contributed by atoms with Gasteiger partial charge in [-0.1, -0.05) is 30.3 Å². The maximum absolute atomic E-state index is 11.3. The molecule has 5 nitrogen and oxygen atoms in total. The van der Waals surface area contributed by atoms with Gasteiger partial charge >= 0.3 is 5.97 Å². The van der Waals surface area contributed by atoms with Crippen LogP contribution in [0, 0.1) is 0 Å². The third-order valence-electron chi connectivity index (χ3n) is 3.12. The third-order valence-corrected chi connectivity index (χ3v) is 3.12. The Hall–Kier alpha value is -2.56. The van der Waals surface area contributed by atoms with E-state index in [9.17, 15) is 14.7 Å². The Kier molecular flexibility index (Phi) is 4.20. The van der Waals surface area contributed by atoms with Crippen molar-refractivity contribution in [2.45, 2.75) is 19.4 Å². The number of carboxylic acids is 1. The Balaban J connectivity index is 2.29. The highest BCUT2D eigenvalue weighted by molar-refractivity contribution is 5.89. The van der Waals surface area contributed by atoms with E-state index in [0.717, 1.165) is 5.56 Å². The van der Waals surface area contributed by atoms with Gasteiger partial charge < -0.3 is 15.4 Å². The number of benzene rings is 1. The average Bonchev–Trinajstić information content (AvgIpc) is 2.80. The highest BCUT2D eigenvalue weighted by Gasteiger charge is 2.15. The van der Waals surface area contributed by atoms with Gasteiger partial charge in [0.2, 0.25) is 5.91 Å². The summed E-state index contributed by atoms with van der Waals surface area (Å²) >= 11 is 0. The molecule has 1 aromatic heterocycles. The molecule has 0 atom stereocenters. The van der Waals surface area contributed by atoms with Gasteiger partial charge in [0.15, 0.2) is 0 Å². The van der Waals surface area contributed by atoms with Gasteiger partial charge in [-0.15, -0.1) is 0 Å². The van der Waals surface area contributed by atoms with E-state index in [1.807, 2.05) is 30.3 Å². The minimum Gasteiger partial charge on any atom is -0.478 e. The second-order valence-corrected chi connectivity index (χ2v) is 4.55. The number of carbonyl (C=O) groups is 2. The van der Waals surface area contributed by atoms with Crippen LogP contribution in [0.3, 0.4) is 0 Å². The first-order valence-corrected chi connectivity index (χ1v) is 6.31. The van der Waals surface area contributed by atoms with Crippen molar-refractivity contribution in [1.82, 2.24) is 4.57 Å². The quantitative estimate of drug-likeness (QED) is 0.838. The van der Waals surface area contributed by atoms with Gasteiger partial charge in [-0.05, 0) is 11.6 Å². The molecule has 0 aliphatic heterocycles. The fourth-order valence-electron chi connectivity index (χ4n) is 2.13. The van der Waals surface area contributed by atoms with Crippen molar-refractivity contribution in [1.29, 1.82) is 0 Å². The number of amides is 1. The largest absolute Gasteiger partial charge is 0.478 e. The van der Waals surface area contributed by atoms with Gasteiger partial charge in [-0.2, -0.15) is 0 Å². The Morgan fingerprint density at radius 2 is 1.85 bits per heavy atom. The van der Waals surface area contributed by atoms with Crippen LogP contribution in [-0.2, 0) is 17.8 Å². The first-order chi connectivity index (χ1) is 9.58. The predicted molar refractivity (Wildman–Crippen MR) is 74.5 cm³/mol. The number of primary amides is 1. The van der Waals surface area contributed by atoms with Crippen molar-refractivity contribution in [3.8, 4) is 0 Å². The van der Waals surface area contributed by atoms with E-state index < -0.39 is 11.9 Å². The third kappa shape index (κ3) is 3.26. The Bertz CT molecular complexity index is 617.